The number of rotatable bonds is 1. The van der Waals surface area contributed by atoms with Crippen LogP contribution in [0.25, 0.3) is 16.8 Å². The zero-order chi connectivity index (χ0) is 17.0. The summed E-state index contributed by atoms with van der Waals surface area (Å²) in [5, 5.41) is 0. The van der Waals surface area contributed by atoms with Gasteiger partial charge in [-0.1, -0.05) is 60.7 Å². The number of anilines is 2. The molecule has 2 aliphatic heterocycles. The predicted octanol–water partition coefficient (Wildman–Crippen LogP) is 5.65. The molecule has 0 radical (unpaired) electrons. The smallest absolute Gasteiger partial charge is 0.108 e. The number of benzene rings is 3. The van der Waals surface area contributed by atoms with Gasteiger partial charge in [-0.05, 0) is 37.1 Å². The second-order valence-corrected chi connectivity index (χ2v) is 6.78. The first kappa shape index (κ1) is 14.4. The summed E-state index contributed by atoms with van der Waals surface area (Å²) in [7, 11) is 0. The number of aryl methyl sites for hydroxylation is 1. The number of nitrogens with zero attached hydrogens (tertiary/aromatic N) is 2. The van der Waals surface area contributed by atoms with E-state index in [4.69, 9.17) is 0 Å². The van der Waals surface area contributed by atoms with Crippen molar-refractivity contribution in [2.45, 2.75) is 20.0 Å². The zero-order valence-corrected chi connectivity index (χ0v) is 14.5. The van der Waals surface area contributed by atoms with Crippen LogP contribution in [0.3, 0.4) is 0 Å². The summed E-state index contributed by atoms with van der Waals surface area (Å²) in [6.07, 6.45) is 2.54. The Bertz CT molecular complexity index is 988. The predicted molar refractivity (Wildman–Crippen MR) is 105 cm³/mol. The second kappa shape index (κ2) is 5.25. The molecule has 0 saturated heterocycles. The van der Waals surface area contributed by atoms with Gasteiger partial charge in [0.05, 0.1) is 11.4 Å². The lowest BCUT2D eigenvalue weighted by Gasteiger charge is -2.37. The van der Waals surface area contributed by atoms with Crippen LogP contribution in [0.2, 0.25) is 0 Å². The summed E-state index contributed by atoms with van der Waals surface area (Å²) in [6.45, 7) is 4.49. The van der Waals surface area contributed by atoms with Crippen molar-refractivity contribution in [1.82, 2.24) is 0 Å². The molecule has 0 N–H and O–H groups in total. The summed E-state index contributed by atoms with van der Waals surface area (Å²) in [4.78, 5) is 4.85. The summed E-state index contributed by atoms with van der Waals surface area (Å²) in [5.41, 5.74) is 9.13. The van der Waals surface area contributed by atoms with Crippen LogP contribution in [0.1, 0.15) is 18.1 Å². The standard InChI is InChI=1S/C23H20N2/c1-16-9-8-14-21-19-12-6-7-13-20(19)22-15-24(17(2)25(22)23(16)21)18-10-4-3-5-11-18/h3-15,17H,1-2H3. The molecule has 0 amide bonds. The van der Waals surface area contributed by atoms with Crippen LogP contribution < -0.4 is 9.80 Å². The van der Waals surface area contributed by atoms with Crippen molar-refractivity contribution >= 4 is 17.1 Å². The Hall–Kier alpha value is -3.00. The van der Waals surface area contributed by atoms with Crippen LogP contribution in [0.5, 0.6) is 0 Å². The monoisotopic (exact) mass is 324 g/mol. The van der Waals surface area contributed by atoms with Gasteiger partial charge in [-0.25, -0.2) is 0 Å². The molecular formula is C23H20N2. The molecule has 122 valence electrons. The normalized spacial score (nSPS) is 17.7. The number of fused-ring (bicyclic) bond motifs is 6. The molecule has 0 aliphatic carbocycles. The number of hydrogen-bond donors (Lipinski definition) is 0. The van der Waals surface area contributed by atoms with E-state index in [2.05, 4.69) is 103 Å². The molecule has 0 saturated carbocycles. The second-order valence-electron chi connectivity index (χ2n) is 6.78. The van der Waals surface area contributed by atoms with Gasteiger partial charge in [0.1, 0.15) is 6.17 Å². The Balaban J connectivity index is 1.77. The fourth-order valence-corrected chi connectivity index (χ4v) is 4.16. The van der Waals surface area contributed by atoms with Gasteiger partial charge >= 0.3 is 0 Å². The van der Waals surface area contributed by atoms with Crippen molar-refractivity contribution in [1.29, 1.82) is 0 Å². The molecule has 25 heavy (non-hydrogen) atoms. The van der Waals surface area contributed by atoms with E-state index in [0.29, 0.717) is 0 Å². The van der Waals surface area contributed by atoms with Crippen LogP contribution in [-0.4, -0.2) is 6.17 Å². The molecule has 2 nitrogen and oxygen atoms in total. The third kappa shape index (κ3) is 1.97. The quantitative estimate of drug-likeness (QED) is 0.571. The average molecular weight is 324 g/mol. The summed E-state index contributed by atoms with van der Waals surface area (Å²) in [5.74, 6) is 0. The van der Waals surface area contributed by atoms with E-state index < -0.39 is 0 Å². The van der Waals surface area contributed by atoms with Crippen molar-refractivity contribution in [3.05, 3.63) is 90.1 Å². The molecule has 1 unspecified atom stereocenters. The summed E-state index contributed by atoms with van der Waals surface area (Å²) >= 11 is 0. The summed E-state index contributed by atoms with van der Waals surface area (Å²) < 4.78 is 0. The van der Waals surface area contributed by atoms with E-state index in [9.17, 15) is 0 Å². The lowest BCUT2D eigenvalue weighted by atomic mass is 9.90. The molecule has 0 spiro atoms. The maximum atomic E-state index is 2.49. The maximum Gasteiger partial charge on any atom is 0.108 e. The van der Waals surface area contributed by atoms with E-state index in [1.165, 1.54) is 39.3 Å². The molecule has 5 rings (SSSR count). The molecule has 0 fully saturated rings. The van der Waals surface area contributed by atoms with Crippen LogP contribution in [0, 0.1) is 6.92 Å². The molecule has 3 aromatic rings. The SMILES string of the molecule is Cc1cccc2c1N1C(=CN(c3ccccc3)C1C)c1ccccc1-2. The van der Waals surface area contributed by atoms with Gasteiger partial charge in [0.2, 0.25) is 0 Å². The first-order valence-electron chi connectivity index (χ1n) is 8.79. The maximum absolute atomic E-state index is 2.49. The Morgan fingerprint density at radius 2 is 1.40 bits per heavy atom. The van der Waals surface area contributed by atoms with E-state index in [1.807, 2.05) is 0 Å². The van der Waals surface area contributed by atoms with Gasteiger partial charge in [0.25, 0.3) is 0 Å². The van der Waals surface area contributed by atoms with Crippen LogP contribution >= 0.6 is 0 Å². The van der Waals surface area contributed by atoms with Crippen molar-refractivity contribution < 1.29 is 0 Å². The van der Waals surface area contributed by atoms with Gasteiger partial charge in [-0.3, -0.25) is 0 Å². The number of para-hydroxylation sites is 2. The lowest BCUT2D eigenvalue weighted by molar-refractivity contribution is 0.752. The highest BCUT2D eigenvalue weighted by atomic mass is 15.4. The Morgan fingerprint density at radius 1 is 0.720 bits per heavy atom. The average Bonchev–Trinajstić information content (AvgIpc) is 3.00. The highest BCUT2D eigenvalue weighted by molar-refractivity contribution is 6.02. The van der Waals surface area contributed by atoms with Gasteiger partial charge < -0.3 is 9.80 Å². The minimum atomic E-state index is 0.241. The highest BCUT2D eigenvalue weighted by Crippen LogP contribution is 2.49. The zero-order valence-electron chi connectivity index (χ0n) is 14.5. The van der Waals surface area contributed by atoms with E-state index in [0.717, 1.165) is 0 Å². The van der Waals surface area contributed by atoms with E-state index >= 15 is 0 Å². The van der Waals surface area contributed by atoms with Crippen molar-refractivity contribution in [2.75, 3.05) is 9.80 Å². The van der Waals surface area contributed by atoms with E-state index in [-0.39, 0.29) is 6.17 Å². The Kier molecular flexibility index (Phi) is 3.01. The molecular weight excluding hydrogens is 304 g/mol. The van der Waals surface area contributed by atoms with Crippen molar-refractivity contribution in [3.8, 4) is 11.1 Å². The minimum absolute atomic E-state index is 0.241. The van der Waals surface area contributed by atoms with Gasteiger partial charge in [0, 0.05) is 23.0 Å². The molecule has 3 aromatic carbocycles. The summed E-state index contributed by atoms with van der Waals surface area (Å²) in [6, 6.07) is 26.0. The third-order valence-corrected chi connectivity index (χ3v) is 5.32. The lowest BCUT2D eigenvalue weighted by Crippen LogP contribution is -2.38. The Labute approximate surface area is 148 Å². The molecule has 2 heterocycles. The minimum Gasteiger partial charge on any atom is -0.325 e. The third-order valence-electron chi connectivity index (χ3n) is 5.32. The molecule has 0 aromatic heterocycles. The van der Waals surface area contributed by atoms with Crippen LogP contribution in [-0.2, 0) is 0 Å². The van der Waals surface area contributed by atoms with Gasteiger partial charge in [0.15, 0.2) is 0 Å². The van der Waals surface area contributed by atoms with Crippen molar-refractivity contribution in [2.24, 2.45) is 0 Å². The fraction of sp³-hybridized carbons (Fsp3) is 0.130. The topological polar surface area (TPSA) is 6.48 Å². The first-order chi connectivity index (χ1) is 12.3. The van der Waals surface area contributed by atoms with Crippen LogP contribution in [0.15, 0.2) is 79.0 Å². The molecule has 1 atom stereocenters. The fourth-order valence-electron chi connectivity index (χ4n) is 4.16. The van der Waals surface area contributed by atoms with E-state index in [1.54, 1.807) is 0 Å². The van der Waals surface area contributed by atoms with Crippen LogP contribution in [0.4, 0.5) is 11.4 Å². The number of hydrogen-bond acceptors (Lipinski definition) is 2. The first-order valence-corrected chi connectivity index (χ1v) is 8.79. The van der Waals surface area contributed by atoms with Gasteiger partial charge in [-0.2, -0.15) is 0 Å². The molecule has 0 bridgehead atoms. The largest absolute Gasteiger partial charge is 0.325 e. The molecule has 2 aliphatic rings. The molecule has 2 heteroatoms. The van der Waals surface area contributed by atoms with Crippen molar-refractivity contribution in [3.63, 3.8) is 0 Å². The Morgan fingerprint density at radius 3 is 2.20 bits per heavy atom. The van der Waals surface area contributed by atoms with Gasteiger partial charge in [-0.15, -0.1) is 0 Å². The highest BCUT2D eigenvalue weighted by Gasteiger charge is 2.37.